The first-order valence-corrected chi connectivity index (χ1v) is 24.8. The molecule has 0 spiro atoms. The Morgan fingerprint density at radius 3 is 1.32 bits per heavy atom. The standard InChI is InChI=1S/C68H41N9/c1-70-52-28-34-58(35-29-52)76(57-30-20-46(45-69)21-31-57)61-37-39-67-63(43-61)62-42-60(75(55-16-6-4-7-17-55)56-18-8-5-9-19-56)36-38-66(62)77(67)59-32-26-48(27-33-59)47-22-24-49(25-23-47)64-44-65(50-12-10-14-53(40-50)71-2)74-68(73-64)51-13-11-15-54(41-51)72-3/h4-44H. The number of nitriles is 1. The van der Waals surface area contributed by atoms with Gasteiger partial charge in [-0.2, -0.15) is 5.26 Å². The summed E-state index contributed by atoms with van der Waals surface area (Å²) in [5.41, 5.74) is 16.9. The molecule has 0 N–H and O–H groups in total. The zero-order chi connectivity index (χ0) is 52.2. The molecule has 0 unspecified atom stereocenters. The molecule has 0 amide bonds. The fraction of sp³-hybridized carbons (Fsp3) is 0. The van der Waals surface area contributed by atoms with Crippen molar-refractivity contribution in [2.75, 3.05) is 9.80 Å². The van der Waals surface area contributed by atoms with Crippen molar-refractivity contribution >= 4 is 73.0 Å². The molecule has 12 rings (SSSR count). The zero-order valence-corrected chi connectivity index (χ0v) is 41.2. The normalized spacial score (nSPS) is 10.8. The maximum atomic E-state index is 9.69. The average Bonchev–Trinajstić information content (AvgIpc) is 3.90. The highest BCUT2D eigenvalue weighted by Crippen LogP contribution is 2.43. The Morgan fingerprint density at radius 1 is 0.364 bits per heavy atom. The van der Waals surface area contributed by atoms with Crippen LogP contribution in [0, 0.1) is 31.0 Å². The molecule has 0 aliphatic carbocycles. The van der Waals surface area contributed by atoms with Crippen LogP contribution >= 0.6 is 0 Å². The van der Waals surface area contributed by atoms with E-state index in [1.54, 1.807) is 18.2 Å². The van der Waals surface area contributed by atoms with Crippen LogP contribution < -0.4 is 9.80 Å². The van der Waals surface area contributed by atoms with Gasteiger partial charge in [0.2, 0.25) is 0 Å². The molecule has 0 fully saturated rings. The quantitative estimate of drug-likeness (QED) is 0.121. The molecule has 0 aliphatic rings. The van der Waals surface area contributed by atoms with Crippen molar-refractivity contribution < 1.29 is 0 Å². The number of nitrogens with zero attached hydrogens (tertiary/aromatic N) is 9. The van der Waals surface area contributed by atoms with E-state index in [4.69, 9.17) is 29.7 Å². The van der Waals surface area contributed by atoms with E-state index < -0.39 is 0 Å². The van der Waals surface area contributed by atoms with Gasteiger partial charge in [0.05, 0.1) is 53.8 Å². The van der Waals surface area contributed by atoms with E-state index in [-0.39, 0.29) is 0 Å². The van der Waals surface area contributed by atoms with Gasteiger partial charge in [-0.15, -0.1) is 0 Å². The summed E-state index contributed by atoms with van der Waals surface area (Å²) in [6.45, 7) is 22.8. The topological polar surface area (TPSA) is 74.1 Å². The van der Waals surface area contributed by atoms with Crippen LogP contribution in [0.2, 0.25) is 0 Å². The van der Waals surface area contributed by atoms with E-state index in [0.717, 1.165) is 95.1 Å². The van der Waals surface area contributed by atoms with Crippen LogP contribution in [-0.2, 0) is 0 Å². The molecule has 0 saturated heterocycles. The predicted molar refractivity (Wildman–Crippen MR) is 311 cm³/mol. The Labute approximate surface area is 445 Å². The van der Waals surface area contributed by atoms with Gasteiger partial charge in [0.1, 0.15) is 0 Å². The number of para-hydroxylation sites is 2. The third kappa shape index (κ3) is 9.13. The number of rotatable bonds is 11. The van der Waals surface area contributed by atoms with Crippen molar-refractivity contribution in [3.05, 3.63) is 289 Å². The van der Waals surface area contributed by atoms with Crippen LogP contribution in [-0.4, -0.2) is 14.5 Å². The van der Waals surface area contributed by atoms with E-state index >= 15 is 0 Å². The van der Waals surface area contributed by atoms with Crippen molar-refractivity contribution in [1.82, 2.24) is 14.5 Å². The monoisotopic (exact) mass is 983 g/mol. The van der Waals surface area contributed by atoms with E-state index in [0.29, 0.717) is 34.1 Å². The summed E-state index contributed by atoms with van der Waals surface area (Å²) in [5.74, 6) is 0.494. The summed E-state index contributed by atoms with van der Waals surface area (Å²) in [5, 5.41) is 11.8. The van der Waals surface area contributed by atoms with Gasteiger partial charge in [-0.1, -0.05) is 121 Å². The number of benzene rings is 10. The van der Waals surface area contributed by atoms with E-state index in [2.05, 4.69) is 168 Å². The summed E-state index contributed by atoms with van der Waals surface area (Å²) in [4.78, 5) is 25.3. The Hall–Kier alpha value is -11.4. The molecule has 2 aromatic heterocycles. The second-order valence-electron chi connectivity index (χ2n) is 18.3. The molecule has 358 valence electrons. The van der Waals surface area contributed by atoms with Crippen molar-refractivity contribution in [1.29, 1.82) is 5.26 Å². The Balaban J connectivity index is 0.958. The lowest BCUT2D eigenvalue weighted by Crippen LogP contribution is -2.10. The van der Waals surface area contributed by atoms with Gasteiger partial charge in [-0.3, -0.25) is 0 Å². The minimum Gasteiger partial charge on any atom is -0.311 e. The van der Waals surface area contributed by atoms with Crippen molar-refractivity contribution in [3.63, 3.8) is 0 Å². The number of anilines is 6. The molecule has 0 atom stereocenters. The molecule has 9 heteroatoms. The van der Waals surface area contributed by atoms with E-state index in [1.807, 2.05) is 97.1 Å². The van der Waals surface area contributed by atoms with Gasteiger partial charge in [0.25, 0.3) is 0 Å². The van der Waals surface area contributed by atoms with Crippen LogP contribution in [0.4, 0.5) is 51.2 Å². The second-order valence-corrected chi connectivity index (χ2v) is 18.3. The number of aromatic nitrogens is 3. The smallest absolute Gasteiger partial charge is 0.187 e. The van der Waals surface area contributed by atoms with Gasteiger partial charge in [-0.05, 0) is 144 Å². The molecule has 0 radical (unpaired) electrons. The van der Waals surface area contributed by atoms with Crippen LogP contribution in [0.25, 0.3) is 87.1 Å². The van der Waals surface area contributed by atoms with Gasteiger partial charge < -0.3 is 14.4 Å². The summed E-state index contributed by atoms with van der Waals surface area (Å²) < 4.78 is 2.32. The molecule has 12 aromatic rings. The predicted octanol–water partition coefficient (Wildman–Crippen LogP) is 18.7. The van der Waals surface area contributed by atoms with E-state index in [1.165, 1.54) is 0 Å². The maximum Gasteiger partial charge on any atom is 0.187 e. The Kier molecular flexibility index (Phi) is 12.3. The molecule has 9 nitrogen and oxygen atoms in total. The van der Waals surface area contributed by atoms with Crippen LogP contribution in [0.1, 0.15) is 5.56 Å². The van der Waals surface area contributed by atoms with Crippen LogP contribution in [0.3, 0.4) is 0 Å². The summed E-state index contributed by atoms with van der Waals surface area (Å²) in [7, 11) is 0. The highest BCUT2D eigenvalue weighted by Gasteiger charge is 2.21. The molecule has 77 heavy (non-hydrogen) atoms. The number of fused-ring (bicyclic) bond motifs is 3. The second kappa shape index (κ2) is 20.3. The van der Waals surface area contributed by atoms with Crippen LogP contribution in [0.5, 0.6) is 0 Å². The Bertz CT molecular complexity index is 4180. The number of hydrogen-bond donors (Lipinski definition) is 0. The minimum atomic E-state index is 0.494. The number of hydrogen-bond acceptors (Lipinski definition) is 5. The maximum absolute atomic E-state index is 9.69. The SMILES string of the molecule is [C-]#[N+]c1ccc(N(c2ccc(C#N)cc2)c2ccc3c(c2)c2cc(N(c4ccccc4)c4ccccc4)ccc2n3-c2ccc(-c3ccc(-c4cc(-c5cccc([N+]#[C-])c5)nc(-c5cccc([N+]#[C-])c5)n4)cc3)cc2)cc1. The summed E-state index contributed by atoms with van der Waals surface area (Å²) in [6, 6.07) is 85.2. The van der Waals surface area contributed by atoms with Crippen LogP contribution in [0.15, 0.2) is 249 Å². The lowest BCUT2D eigenvalue weighted by molar-refractivity contribution is 1.18. The molecular formula is C68H41N9. The molecule has 0 bridgehead atoms. The first kappa shape index (κ1) is 46.7. The first-order chi connectivity index (χ1) is 37.9. The molecule has 10 aromatic carbocycles. The van der Waals surface area contributed by atoms with Gasteiger partial charge >= 0.3 is 0 Å². The molecule has 0 saturated carbocycles. The Morgan fingerprint density at radius 2 is 0.805 bits per heavy atom. The summed E-state index contributed by atoms with van der Waals surface area (Å²) >= 11 is 0. The average molecular weight is 984 g/mol. The fourth-order valence-electron chi connectivity index (χ4n) is 9.92. The van der Waals surface area contributed by atoms with Crippen molar-refractivity contribution in [2.45, 2.75) is 0 Å². The zero-order valence-electron chi connectivity index (χ0n) is 41.2. The largest absolute Gasteiger partial charge is 0.311 e. The minimum absolute atomic E-state index is 0.494. The highest BCUT2D eigenvalue weighted by molar-refractivity contribution is 6.12. The fourth-order valence-corrected chi connectivity index (χ4v) is 9.92. The van der Waals surface area contributed by atoms with Gasteiger partial charge in [-0.25, -0.2) is 24.5 Å². The highest BCUT2D eigenvalue weighted by atomic mass is 15.2. The first-order valence-electron chi connectivity index (χ1n) is 24.8. The van der Waals surface area contributed by atoms with Crippen molar-refractivity contribution in [2.24, 2.45) is 0 Å². The van der Waals surface area contributed by atoms with Gasteiger partial charge in [0.15, 0.2) is 22.9 Å². The summed E-state index contributed by atoms with van der Waals surface area (Å²) in [6.07, 6.45) is 0. The lowest BCUT2D eigenvalue weighted by atomic mass is 10.0. The van der Waals surface area contributed by atoms with E-state index in [9.17, 15) is 5.26 Å². The lowest BCUT2D eigenvalue weighted by Gasteiger charge is -2.26. The molecule has 2 heterocycles. The molecule has 0 aliphatic heterocycles. The molecular weight excluding hydrogens is 943 g/mol. The van der Waals surface area contributed by atoms with Gasteiger partial charge in [0, 0.05) is 61.7 Å². The third-order valence-corrected chi connectivity index (χ3v) is 13.6. The third-order valence-electron chi connectivity index (χ3n) is 13.6. The van der Waals surface area contributed by atoms with Crippen molar-refractivity contribution in [3.8, 4) is 56.8 Å².